The third-order valence-electron chi connectivity index (χ3n) is 9.81. The van der Waals surface area contributed by atoms with Crippen LogP contribution >= 0.6 is 0 Å². The third-order valence-corrected chi connectivity index (χ3v) is 9.81. The van der Waals surface area contributed by atoms with E-state index >= 15 is 0 Å². The van der Waals surface area contributed by atoms with Crippen LogP contribution in [-0.4, -0.2) is 97.6 Å². The molecule has 288 valence electrons. The van der Waals surface area contributed by atoms with Gasteiger partial charge < -0.3 is 19.5 Å². The van der Waals surface area contributed by atoms with Crippen molar-refractivity contribution in [2.45, 2.75) is 65.1 Å². The Bertz CT molecular complexity index is 1840. The Morgan fingerprint density at radius 3 is 2.57 bits per heavy atom. The van der Waals surface area contributed by atoms with Crippen LogP contribution in [-0.2, 0) is 22.5 Å². The van der Waals surface area contributed by atoms with E-state index in [1.165, 1.54) is 11.1 Å². The van der Waals surface area contributed by atoms with E-state index in [4.69, 9.17) is 14.2 Å². The van der Waals surface area contributed by atoms with Gasteiger partial charge in [-0.1, -0.05) is 44.2 Å². The topological polar surface area (TPSA) is 117 Å². The van der Waals surface area contributed by atoms with Crippen molar-refractivity contribution in [1.29, 1.82) is 0 Å². The number of carbonyl (C=O) groups is 1. The number of allylic oxidation sites excluding steroid dienone is 1. The molecule has 1 aliphatic rings. The number of aromatic amines is 1. The number of hydrogen-bond acceptors (Lipinski definition) is 9. The van der Waals surface area contributed by atoms with E-state index in [0.29, 0.717) is 18.7 Å². The SMILES string of the molecule is C=CCN(CCCc1ccc(CN=C/C=C\N=C)cc1)C(C)(CC)CN(CC)CC(C)OC.O=CNc1ccc2[nH]nc(-c3ccc4c(c3)OCO4)c2c1. The van der Waals surface area contributed by atoms with E-state index in [2.05, 4.69) is 101 Å². The standard InChI is InChI=1S/C28H46N4O.C15H11N3O3/c1-8-20-32(28(5,9-2)24-31(10-3)23-25(4)33-7)21-11-13-26-14-16-27(17-15-26)22-30-19-12-18-29-6;19-7-16-10-2-3-12-11(6-10)15(18-17-12)9-1-4-13-14(5-9)21-8-20-13/h8,12,14-19,25H,1,6,9-11,13,20-24H2,2-5,7H3;1-7H,8H2,(H,16,19)(H,17,18)/b18-12-,30-19?;. The quantitative estimate of drug-likeness (QED) is 0.0507. The first-order valence-electron chi connectivity index (χ1n) is 18.6. The van der Waals surface area contributed by atoms with E-state index < -0.39 is 0 Å². The van der Waals surface area contributed by atoms with Crippen LogP contribution in [0, 0.1) is 0 Å². The number of likely N-dealkylation sites (N-methyl/N-ethyl adjacent to an activating group) is 1. The number of ether oxygens (including phenoxy) is 3. The number of H-pyrrole nitrogens is 1. The minimum Gasteiger partial charge on any atom is -0.454 e. The van der Waals surface area contributed by atoms with E-state index in [1.54, 1.807) is 25.6 Å². The largest absolute Gasteiger partial charge is 0.454 e. The number of nitrogens with zero attached hydrogens (tertiary/aromatic N) is 5. The lowest BCUT2D eigenvalue weighted by Gasteiger charge is -2.44. The molecule has 1 aliphatic heterocycles. The van der Waals surface area contributed by atoms with Crippen molar-refractivity contribution in [3.8, 4) is 22.8 Å². The summed E-state index contributed by atoms with van der Waals surface area (Å²) in [5.74, 6) is 1.45. The maximum Gasteiger partial charge on any atom is 0.231 e. The molecule has 0 bridgehead atoms. The zero-order valence-electron chi connectivity index (χ0n) is 32.6. The fourth-order valence-corrected chi connectivity index (χ4v) is 6.44. The minimum atomic E-state index is 0.106. The molecule has 2 unspecified atom stereocenters. The van der Waals surface area contributed by atoms with Gasteiger partial charge in [0.15, 0.2) is 11.5 Å². The first-order chi connectivity index (χ1) is 26.3. The molecule has 0 fully saturated rings. The Morgan fingerprint density at radius 2 is 1.87 bits per heavy atom. The number of amides is 1. The second kappa shape index (κ2) is 21.6. The first kappa shape index (κ1) is 41.7. The monoisotopic (exact) mass is 735 g/mol. The normalized spacial score (nSPS) is 14.0. The summed E-state index contributed by atoms with van der Waals surface area (Å²) in [5.41, 5.74) is 6.05. The van der Waals surface area contributed by atoms with E-state index in [9.17, 15) is 4.79 Å². The zero-order valence-corrected chi connectivity index (χ0v) is 32.6. The fourth-order valence-electron chi connectivity index (χ4n) is 6.44. The molecule has 2 atom stereocenters. The molecule has 3 aromatic carbocycles. The second-order valence-corrected chi connectivity index (χ2v) is 13.6. The Hall–Kier alpha value is -5.10. The number of methoxy groups -OCH3 is 1. The van der Waals surface area contributed by atoms with Crippen molar-refractivity contribution in [1.82, 2.24) is 20.0 Å². The summed E-state index contributed by atoms with van der Waals surface area (Å²) < 4.78 is 16.2. The summed E-state index contributed by atoms with van der Waals surface area (Å²) in [6.07, 6.45) is 11.4. The predicted octanol–water partition coefficient (Wildman–Crippen LogP) is 7.94. The second-order valence-electron chi connectivity index (χ2n) is 13.6. The first-order valence-corrected chi connectivity index (χ1v) is 18.6. The molecule has 11 heteroatoms. The molecule has 0 radical (unpaired) electrons. The molecule has 0 aliphatic carbocycles. The lowest BCUT2D eigenvalue weighted by molar-refractivity contribution is -0.105. The number of aryl methyl sites for hydroxylation is 1. The minimum absolute atomic E-state index is 0.106. The highest BCUT2D eigenvalue weighted by Gasteiger charge is 2.31. The number of rotatable bonds is 21. The Labute approximate surface area is 320 Å². The van der Waals surface area contributed by atoms with E-state index in [-0.39, 0.29) is 18.4 Å². The van der Waals surface area contributed by atoms with Crippen molar-refractivity contribution in [3.05, 3.63) is 96.7 Å². The van der Waals surface area contributed by atoms with Gasteiger partial charge in [0.25, 0.3) is 0 Å². The molecule has 5 rings (SSSR count). The highest BCUT2D eigenvalue weighted by atomic mass is 16.7. The number of aliphatic imine (C=N–C) groups is 2. The van der Waals surface area contributed by atoms with Crippen molar-refractivity contribution in [3.63, 3.8) is 0 Å². The summed E-state index contributed by atoms with van der Waals surface area (Å²) in [7, 11) is 1.79. The van der Waals surface area contributed by atoms with Crippen LogP contribution in [0.15, 0.2) is 95.6 Å². The van der Waals surface area contributed by atoms with Crippen LogP contribution in [0.25, 0.3) is 22.2 Å². The smallest absolute Gasteiger partial charge is 0.231 e. The van der Waals surface area contributed by atoms with Gasteiger partial charge in [-0.05, 0) is 107 Å². The molecule has 1 aromatic heterocycles. The van der Waals surface area contributed by atoms with Crippen LogP contribution < -0.4 is 14.8 Å². The Morgan fingerprint density at radius 1 is 1.09 bits per heavy atom. The molecular formula is C43H57N7O4. The van der Waals surface area contributed by atoms with Crippen LogP contribution in [0.4, 0.5) is 5.69 Å². The van der Waals surface area contributed by atoms with Gasteiger partial charge in [-0.25, -0.2) is 0 Å². The summed E-state index contributed by atoms with van der Waals surface area (Å²) in [6.45, 7) is 22.4. The maximum atomic E-state index is 10.6. The van der Waals surface area contributed by atoms with Gasteiger partial charge in [0.2, 0.25) is 13.2 Å². The van der Waals surface area contributed by atoms with Gasteiger partial charge in [0, 0.05) is 61.3 Å². The maximum absolute atomic E-state index is 10.6. The highest BCUT2D eigenvalue weighted by Crippen LogP contribution is 2.37. The van der Waals surface area contributed by atoms with E-state index in [0.717, 1.165) is 85.6 Å². The molecule has 0 saturated heterocycles. The van der Waals surface area contributed by atoms with Gasteiger partial charge in [-0.15, -0.1) is 6.58 Å². The lowest BCUT2D eigenvalue weighted by Crippen LogP contribution is -2.54. The van der Waals surface area contributed by atoms with Crippen LogP contribution in [0.3, 0.4) is 0 Å². The predicted molar refractivity (Wildman–Crippen MR) is 222 cm³/mol. The molecule has 54 heavy (non-hydrogen) atoms. The molecule has 2 N–H and O–H groups in total. The fraction of sp³-hybridized carbons (Fsp3) is 0.395. The molecule has 2 heterocycles. The number of hydrogen-bond donors (Lipinski definition) is 2. The summed E-state index contributed by atoms with van der Waals surface area (Å²) >= 11 is 0. The van der Waals surface area contributed by atoms with Crippen molar-refractivity contribution in [2.24, 2.45) is 9.98 Å². The van der Waals surface area contributed by atoms with Crippen LogP contribution in [0.2, 0.25) is 0 Å². The summed E-state index contributed by atoms with van der Waals surface area (Å²) in [5, 5.41) is 10.9. The van der Waals surface area contributed by atoms with Crippen molar-refractivity contribution in [2.75, 3.05) is 51.9 Å². The lowest BCUT2D eigenvalue weighted by atomic mass is 9.94. The highest BCUT2D eigenvalue weighted by molar-refractivity contribution is 5.96. The van der Waals surface area contributed by atoms with E-state index in [1.807, 2.05) is 42.5 Å². The van der Waals surface area contributed by atoms with Gasteiger partial charge in [0.1, 0.15) is 5.69 Å². The van der Waals surface area contributed by atoms with Crippen LogP contribution in [0.5, 0.6) is 11.5 Å². The third kappa shape index (κ3) is 12.0. The number of fused-ring (bicyclic) bond motifs is 2. The molecule has 11 nitrogen and oxygen atoms in total. The van der Waals surface area contributed by atoms with Crippen molar-refractivity contribution < 1.29 is 19.0 Å². The Kier molecular flexibility index (Phi) is 16.6. The molecule has 4 aromatic rings. The summed E-state index contributed by atoms with van der Waals surface area (Å²) in [4.78, 5) is 23.7. The van der Waals surface area contributed by atoms with Gasteiger partial charge in [-0.2, -0.15) is 5.10 Å². The summed E-state index contributed by atoms with van der Waals surface area (Å²) in [6, 6.07) is 20.1. The number of carbonyl (C=O) groups excluding carboxylic acids is 1. The number of anilines is 1. The van der Waals surface area contributed by atoms with Crippen LogP contribution in [0.1, 0.15) is 51.7 Å². The molecule has 0 spiro atoms. The molecular weight excluding hydrogens is 679 g/mol. The van der Waals surface area contributed by atoms with Gasteiger partial charge in [-0.3, -0.25) is 29.7 Å². The number of benzene rings is 3. The molecule has 0 saturated carbocycles. The van der Waals surface area contributed by atoms with Crippen molar-refractivity contribution >= 4 is 35.9 Å². The number of nitrogens with one attached hydrogen (secondary N) is 2. The number of aromatic nitrogens is 2. The molecule has 1 amide bonds. The van der Waals surface area contributed by atoms with Gasteiger partial charge in [0.05, 0.1) is 18.2 Å². The average molecular weight is 736 g/mol. The Balaban J connectivity index is 0.000000262. The zero-order chi connectivity index (χ0) is 38.8. The average Bonchev–Trinajstić information content (AvgIpc) is 3.85. The van der Waals surface area contributed by atoms with Gasteiger partial charge >= 0.3 is 0 Å².